The minimum atomic E-state index is -1.08. The molecule has 0 atom stereocenters. The molecule has 2 rings (SSSR count). The molecule has 1 aromatic rings. The van der Waals surface area contributed by atoms with Crippen LogP contribution < -0.4 is 5.32 Å². The number of hydrogen-bond acceptors (Lipinski definition) is 2. The van der Waals surface area contributed by atoms with Crippen LogP contribution in [0.5, 0.6) is 0 Å². The molecule has 1 aliphatic rings. The van der Waals surface area contributed by atoms with Crippen LogP contribution in [-0.2, 0) is 0 Å². The topological polar surface area (TPSA) is 69.6 Å². The highest BCUT2D eigenvalue weighted by atomic mass is 79.9. The summed E-state index contributed by atoms with van der Waals surface area (Å²) in [6.45, 7) is 1.42. The molecule has 0 radical (unpaired) electrons. The molecule has 0 saturated carbocycles. The number of aromatic carboxylic acids is 1. The van der Waals surface area contributed by atoms with E-state index in [2.05, 4.69) is 37.2 Å². The van der Waals surface area contributed by atoms with Crippen molar-refractivity contribution >= 4 is 49.5 Å². The second-order valence-electron chi connectivity index (χ2n) is 4.95. The normalized spacial score (nSPS) is 15.4. The van der Waals surface area contributed by atoms with Gasteiger partial charge in [0.15, 0.2) is 0 Å². The second-order valence-corrected chi connectivity index (χ2v) is 6.72. The summed E-state index contributed by atoms with van der Waals surface area (Å²) < 4.78 is 1.18. The lowest BCUT2D eigenvalue weighted by atomic mass is 10.2. The maximum atomic E-state index is 12.3. The first-order chi connectivity index (χ1) is 9.99. The van der Waals surface area contributed by atoms with Gasteiger partial charge in [0.1, 0.15) is 0 Å². The second kappa shape index (κ2) is 7.26. The Morgan fingerprint density at radius 1 is 1.10 bits per heavy atom. The van der Waals surface area contributed by atoms with Crippen LogP contribution >= 0.6 is 31.9 Å². The van der Waals surface area contributed by atoms with E-state index in [1.54, 1.807) is 11.0 Å². The zero-order valence-corrected chi connectivity index (χ0v) is 14.5. The summed E-state index contributed by atoms with van der Waals surface area (Å²) in [6.07, 6.45) is 4.24. The minimum Gasteiger partial charge on any atom is -0.478 e. The monoisotopic (exact) mass is 418 g/mol. The van der Waals surface area contributed by atoms with Gasteiger partial charge < -0.3 is 15.3 Å². The van der Waals surface area contributed by atoms with Gasteiger partial charge in [0.2, 0.25) is 0 Å². The lowest BCUT2D eigenvalue weighted by Gasteiger charge is -2.22. The number of likely N-dealkylation sites (tertiary alicyclic amines) is 1. The van der Waals surface area contributed by atoms with Gasteiger partial charge in [-0.3, -0.25) is 0 Å². The molecule has 0 spiro atoms. The minimum absolute atomic E-state index is 0.0550. The van der Waals surface area contributed by atoms with E-state index in [-0.39, 0.29) is 11.6 Å². The van der Waals surface area contributed by atoms with Gasteiger partial charge in [-0.1, -0.05) is 28.8 Å². The summed E-state index contributed by atoms with van der Waals surface area (Å²) in [7, 11) is 0. The standard InChI is InChI=1S/C14H16Br2N2O3/c15-9-7-10(13(19)20)12(11(16)8-9)17-14(21)18-5-3-1-2-4-6-18/h7-8H,1-6H2,(H,17,21)(H,19,20). The zero-order chi connectivity index (χ0) is 15.4. The Bertz CT molecular complexity index is 555. The number of hydrogen-bond donors (Lipinski definition) is 2. The smallest absolute Gasteiger partial charge is 0.337 e. The van der Waals surface area contributed by atoms with Crippen molar-refractivity contribution in [2.75, 3.05) is 18.4 Å². The number of urea groups is 1. The molecule has 0 unspecified atom stereocenters. The van der Waals surface area contributed by atoms with Crippen molar-refractivity contribution in [3.05, 3.63) is 26.6 Å². The highest BCUT2D eigenvalue weighted by Crippen LogP contribution is 2.31. The zero-order valence-electron chi connectivity index (χ0n) is 11.4. The highest BCUT2D eigenvalue weighted by molar-refractivity contribution is 9.11. The van der Waals surface area contributed by atoms with Crippen LogP contribution in [0.1, 0.15) is 36.0 Å². The summed E-state index contributed by atoms with van der Waals surface area (Å²) in [5, 5.41) is 12.0. The fourth-order valence-corrected chi connectivity index (χ4v) is 3.65. The Hall–Kier alpha value is -1.08. The third kappa shape index (κ3) is 4.20. The maximum Gasteiger partial charge on any atom is 0.337 e. The summed E-state index contributed by atoms with van der Waals surface area (Å²) in [5.41, 5.74) is 0.347. The quantitative estimate of drug-likeness (QED) is 0.749. The molecule has 0 aliphatic carbocycles. The van der Waals surface area contributed by atoms with E-state index in [4.69, 9.17) is 0 Å². The first kappa shape index (κ1) is 16.3. The van der Waals surface area contributed by atoms with Crippen molar-refractivity contribution in [3.63, 3.8) is 0 Å². The predicted octanol–water partition coefficient (Wildman–Crippen LogP) is 4.32. The van der Waals surface area contributed by atoms with Gasteiger partial charge in [0, 0.05) is 22.0 Å². The number of amides is 2. The molecule has 114 valence electrons. The number of rotatable bonds is 2. The van der Waals surface area contributed by atoms with Crippen molar-refractivity contribution in [2.24, 2.45) is 0 Å². The summed E-state index contributed by atoms with van der Waals surface area (Å²) in [5.74, 6) is -1.08. The van der Waals surface area contributed by atoms with Crippen LogP contribution in [0.2, 0.25) is 0 Å². The molecule has 1 aromatic carbocycles. The van der Waals surface area contributed by atoms with Crippen LogP contribution in [0.4, 0.5) is 10.5 Å². The van der Waals surface area contributed by atoms with E-state index in [1.165, 1.54) is 6.07 Å². The Kier molecular flexibility index (Phi) is 5.64. The Balaban J connectivity index is 2.22. The fraction of sp³-hybridized carbons (Fsp3) is 0.429. The molecule has 7 heteroatoms. The number of halogens is 2. The molecular formula is C14H16Br2N2O3. The maximum absolute atomic E-state index is 12.3. The van der Waals surface area contributed by atoms with Gasteiger partial charge in [-0.05, 0) is 40.9 Å². The SMILES string of the molecule is O=C(O)c1cc(Br)cc(Br)c1NC(=O)N1CCCCCC1. The average Bonchev–Trinajstić information content (AvgIpc) is 2.70. The van der Waals surface area contributed by atoms with Crippen LogP contribution in [0, 0.1) is 0 Å². The van der Waals surface area contributed by atoms with Crippen LogP contribution in [-0.4, -0.2) is 35.1 Å². The van der Waals surface area contributed by atoms with Gasteiger partial charge >= 0.3 is 12.0 Å². The molecule has 1 aliphatic heterocycles. The molecule has 1 saturated heterocycles. The van der Waals surface area contributed by atoms with E-state index >= 15 is 0 Å². The Morgan fingerprint density at radius 3 is 2.29 bits per heavy atom. The van der Waals surface area contributed by atoms with Crippen LogP contribution in [0.25, 0.3) is 0 Å². The van der Waals surface area contributed by atoms with E-state index in [1.807, 2.05) is 0 Å². The number of carboxylic acids is 1. The fourth-order valence-electron chi connectivity index (χ4n) is 2.33. The largest absolute Gasteiger partial charge is 0.478 e. The number of anilines is 1. The molecule has 1 heterocycles. The van der Waals surface area contributed by atoms with E-state index in [0.717, 1.165) is 25.7 Å². The van der Waals surface area contributed by atoms with Crippen LogP contribution in [0.15, 0.2) is 21.1 Å². The first-order valence-corrected chi connectivity index (χ1v) is 8.36. The van der Waals surface area contributed by atoms with E-state index in [9.17, 15) is 14.7 Å². The first-order valence-electron chi connectivity index (χ1n) is 6.77. The Labute approximate surface area is 140 Å². The molecule has 5 nitrogen and oxygen atoms in total. The molecular weight excluding hydrogens is 404 g/mol. The number of nitrogens with zero attached hydrogens (tertiary/aromatic N) is 1. The van der Waals surface area contributed by atoms with E-state index < -0.39 is 5.97 Å². The molecule has 2 amide bonds. The van der Waals surface area contributed by atoms with Gasteiger partial charge in [-0.2, -0.15) is 0 Å². The summed E-state index contributed by atoms with van der Waals surface area (Å²) in [4.78, 5) is 25.4. The van der Waals surface area contributed by atoms with Gasteiger partial charge in [0.05, 0.1) is 11.3 Å². The molecule has 0 aromatic heterocycles. The van der Waals surface area contributed by atoms with Gasteiger partial charge in [-0.15, -0.1) is 0 Å². The summed E-state index contributed by atoms with van der Waals surface area (Å²) >= 11 is 6.56. The summed E-state index contributed by atoms with van der Waals surface area (Å²) in [6, 6.07) is 2.94. The van der Waals surface area contributed by atoms with E-state index in [0.29, 0.717) is 27.7 Å². The third-order valence-corrected chi connectivity index (χ3v) is 4.49. The number of benzene rings is 1. The van der Waals surface area contributed by atoms with Crippen molar-refractivity contribution in [1.29, 1.82) is 0 Å². The van der Waals surface area contributed by atoms with Crippen molar-refractivity contribution in [2.45, 2.75) is 25.7 Å². The predicted molar refractivity (Wildman–Crippen MR) is 87.9 cm³/mol. The van der Waals surface area contributed by atoms with Crippen molar-refractivity contribution < 1.29 is 14.7 Å². The number of carbonyl (C=O) groups is 2. The lowest BCUT2D eigenvalue weighted by Crippen LogP contribution is -2.36. The van der Waals surface area contributed by atoms with Crippen LogP contribution in [0.3, 0.4) is 0 Å². The number of carbonyl (C=O) groups excluding carboxylic acids is 1. The lowest BCUT2D eigenvalue weighted by molar-refractivity contribution is 0.0698. The Morgan fingerprint density at radius 2 is 1.71 bits per heavy atom. The molecule has 1 fully saturated rings. The molecule has 0 bridgehead atoms. The highest BCUT2D eigenvalue weighted by Gasteiger charge is 2.20. The van der Waals surface area contributed by atoms with Gasteiger partial charge in [-0.25, -0.2) is 9.59 Å². The number of nitrogens with one attached hydrogen (secondary N) is 1. The van der Waals surface area contributed by atoms with Crippen molar-refractivity contribution in [1.82, 2.24) is 4.90 Å². The van der Waals surface area contributed by atoms with Crippen molar-refractivity contribution in [3.8, 4) is 0 Å². The average molecular weight is 420 g/mol. The molecule has 2 N–H and O–H groups in total. The third-order valence-electron chi connectivity index (χ3n) is 3.41. The van der Waals surface area contributed by atoms with Gasteiger partial charge in [0.25, 0.3) is 0 Å². The number of carboxylic acid groups (broad SMARTS) is 1. The molecule has 21 heavy (non-hydrogen) atoms.